The van der Waals surface area contributed by atoms with E-state index in [2.05, 4.69) is 35.3 Å². The van der Waals surface area contributed by atoms with Crippen molar-refractivity contribution in [3.63, 3.8) is 0 Å². The Hall–Kier alpha value is -1.58. The normalized spacial score (nSPS) is 22.6. The maximum atomic E-state index is 4.49. The second kappa shape index (κ2) is 4.51. The van der Waals surface area contributed by atoms with Gasteiger partial charge in [0.15, 0.2) is 5.82 Å². The average molecular weight is 258 g/mol. The van der Waals surface area contributed by atoms with Crippen LogP contribution in [-0.2, 0) is 0 Å². The van der Waals surface area contributed by atoms with Crippen LogP contribution in [0.2, 0.25) is 0 Å². The van der Waals surface area contributed by atoms with Crippen molar-refractivity contribution < 1.29 is 0 Å². The van der Waals surface area contributed by atoms with Crippen LogP contribution in [0.25, 0.3) is 5.52 Å². The number of hydrogen-bond acceptors (Lipinski definition) is 3. The van der Waals surface area contributed by atoms with E-state index < -0.39 is 0 Å². The lowest BCUT2D eigenvalue weighted by atomic mass is 9.75. The highest BCUT2D eigenvalue weighted by molar-refractivity contribution is 5.68. The summed E-state index contributed by atoms with van der Waals surface area (Å²) < 4.78 is 1.90. The smallest absolute Gasteiger partial charge is 0.152 e. The minimum atomic E-state index is 0.442. The summed E-state index contributed by atoms with van der Waals surface area (Å²) in [4.78, 5) is 4.49. The largest absolute Gasteiger partial charge is 0.366 e. The fourth-order valence-electron chi connectivity index (χ4n) is 3.17. The molecule has 1 fully saturated rings. The molecule has 1 atom stereocenters. The van der Waals surface area contributed by atoms with Gasteiger partial charge in [0.25, 0.3) is 0 Å². The summed E-state index contributed by atoms with van der Waals surface area (Å²) in [5.41, 5.74) is 2.54. The molecule has 2 heterocycles. The first kappa shape index (κ1) is 12.5. The van der Waals surface area contributed by atoms with E-state index in [1.165, 1.54) is 25.7 Å². The third-order valence-electron chi connectivity index (χ3n) is 4.06. The van der Waals surface area contributed by atoms with E-state index >= 15 is 0 Å². The highest BCUT2D eigenvalue weighted by Gasteiger charge is 2.28. The molecule has 0 aromatic carbocycles. The number of nitrogens with zero attached hydrogens (tertiary/aromatic N) is 3. The lowest BCUT2D eigenvalue weighted by molar-refractivity contribution is 0.229. The molecule has 19 heavy (non-hydrogen) atoms. The average Bonchev–Trinajstić information content (AvgIpc) is 2.69. The molecular formula is C15H22N4. The molecule has 4 heteroatoms. The monoisotopic (exact) mass is 258 g/mol. The maximum absolute atomic E-state index is 4.49. The Morgan fingerprint density at radius 3 is 3.05 bits per heavy atom. The van der Waals surface area contributed by atoms with Gasteiger partial charge < -0.3 is 5.32 Å². The lowest BCUT2D eigenvalue weighted by Gasteiger charge is -2.35. The fraction of sp³-hybridized carbons (Fsp3) is 0.600. The molecule has 2 aromatic rings. The van der Waals surface area contributed by atoms with Crippen LogP contribution in [0.1, 0.15) is 45.2 Å². The Bertz CT molecular complexity index is 585. The molecule has 1 aliphatic rings. The van der Waals surface area contributed by atoms with Crippen molar-refractivity contribution in [3.05, 3.63) is 24.2 Å². The number of nitrogens with one attached hydrogen (secondary N) is 1. The maximum Gasteiger partial charge on any atom is 0.152 e. The van der Waals surface area contributed by atoms with E-state index in [0.29, 0.717) is 11.5 Å². The topological polar surface area (TPSA) is 42.2 Å². The first-order valence-corrected chi connectivity index (χ1v) is 7.11. The SMILES string of the molecule is Cc1cc2c(NC3CCCC(C)(C)C3)nccn2n1. The summed E-state index contributed by atoms with van der Waals surface area (Å²) in [6.07, 6.45) is 8.79. The minimum absolute atomic E-state index is 0.442. The molecule has 3 rings (SSSR count). The molecule has 0 radical (unpaired) electrons. The standard InChI is InChI=1S/C15H22N4/c1-11-9-13-14(16-7-8-19(13)18-11)17-12-5-4-6-15(2,3)10-12/h7-9,12H,4-6,10H2,1-3H3,(H,16,17). The van der Waals surface area contributed by atoms with Crippen LogP contribution in [0.15, 0.2) is 18.5 Å². The van der Waals surface area contributed by atoms with Gasteiger partial charge in [0.1, 0.15) is 5.52 Å². The molecule has 0 bridgehead atoms. The zero-order chi connectivity index (χ0) is 13.5. The van der Waals surface area contributed by atoms with Crippen molar-refractivity contribution in [1.29, 1.82) is 0 Å². The van der Waals surface area contributed by atoms with Gasteiger partial charge in [0, 0.05) is 18.4 Å². The van der Waals surface area contributed by atoms with E-state index in [1.807, 2.05) is 23.8 Å². The molecule has 0 spiro atoms. The number of aromatic nitrogens is 3. The molecule has 1 unspecified atom stereocenters. The van der Waals surface area contributed by atoms with Crippen LogP contribution in [0.3, 0.4) is 0 Å². The third-order valence-corrected chi connectivity index (χ3v) is 4.06. The fourth-order valence-corrected chi connectivity index (χ4v) is 3.17. The van der Waals surface area contributed by atoms with E-state index in [0.717, 1.165) is 17.0 Å². The Morgan fingerprint density at radius 1 is 1.42 bits per heavy atom. The van der Waals surface area contributed by atoms with E-state index in [-0.39, 0.29) is 0 Å². The molecule has 1 aliphatic carbocycles. The van der Waals surface area contributed by atoms with Crippen LogP contribution in [-0.4, -0.2) is 20.6 Å². The van der Waals surface area contributed by atoms with Gasteiger partial charge in [-0.2, -0.15) is 5.10 Å². The van der Waals surface area contributed by atoms with Gasteiger partial charge >= 0.3 is 0 Å². The predicted octanol–water partition coefficient (Wildman–Crippen LogP) is 3.42. The van der Waals surface area contributed by atoms with Crippen molar-refractivity contribution in [2.45, 2.75) is 52.5 Å². The molecule has 4 nitrogen and oxygen atoms in total. The highest BCUT2D eigenvalue weighted by atomic mass is 15.2. The summed E-state index contributed by atoms with van der Waals surface area (Å²) >= 11 is 0. The molecule has 1 saturated carbocycles. The zero-order valence-corrected chi connectivity index (χ0v) is 12.0. The van der Waals surface area contributed by atoms with Gasteiger partial charge in [0.2, 0.25) is 0 Å². The predicted molar refractivity (Wildman–Crippen MR) is 77.4 cm³/mol. The molecule has 0 amide bonds. The van der Waals surface area contributed by atoms with E-state index in [1.54, 1.807) is 0 Å². The first-order chi connectivity index (χ1) is 9.03. The van der Waals surface area contributed by atoms with Crippen molar-refractivity contribution in [2.24, 2.45) is 5.41 Å². The number of anilines is 1. The van der Waals surface area contributed by atoms with Crippen molar-refractivity contribution >= 4 is 11.3 Å². The quantitative estimate of drug-likeness (QED) is 0.897. The van der Waals surface area contributed by atoms with Gasteiger partial charge in [0.05, 0.1) is 5.69 Å². The lowest BCUT2D eigenvalue weighted by Crippen LogP contribution is -2.32. The van der Waals surface area contributed by atoms with Gasteiger partial charge in [-0.25, -0.2) is 9.50 Å². The Balaban J connectivity index is 1.85. The Labute approximate surface area is 114 Å². The summed E-state index contributed by atoms with van der Waals surface area (Å²) in [5.74, 6) is 0.964. The number of fused-ring (bicyclic) bond motifs is 1. The van der Waals surface area contributed by atoms with Crippen LogP contribution in [0, 0.1) is 12.3 Å². The van der Waals surface area contributed by atoms with Crippen molar-refractivity contribution in [1.82, 2.24) is 14.6 Å². The van der Waals surface area contributed by atoms with E-state index in [9.17, 15) is 0 Å². The van der Waals surface area contributed by atoms with Crippen LogP contribution < -0.4 is 5.32 Å². The summed E-state index contributed by atoms with van der Waals surface area (Å²) in [6, 6.07) is 2.61. The summed E-state index contributed by atoms with van der Waals surface area (Å²) in [6.45, 7) is 6.73. The molecule has 102 valence electrons. The number of rotatable bonds is 2. The molecule has 2 aromatic heterocycles. The Kier molecular flexibility index (Phi) is 2.96. The first-order valence-electron chi connectivity index (χ1n) is 7.11. The molecular weight excluding hydrogens is 236 g/mol. The Morgan fingerprint density at radius 2 is 2.26 bits per heavy atom. The minimum Gasteiger partial charge on any atom is -0.366 e. The van der Waals surface area contributed by atoms with Crippen LogP contribution in [0.5, 0.6) is 0 Å². The second-order valence-electron chi connectivity index (χ2n) is 6.49. The summed E-state index contributed by atoms with van der Waals surface area (Å²) in [5, 5.41) is 8.05. The third kappa shape index (κ3) is 2.57. The molecule has 1 N–H and O–H groups in total. The van der Waals surface area contributed by atoms with Gasteiger partial charge in [-0.1, -0.05) is 20.3 Å². The van der Waals surface area contributed by atoms with Gasteiger partial charge in [-0.15, -0.1) is 0 Å². The highest BCUT2D eigenvalue weighted by Crippen LogP contribution is 2.36. The van der Waals surface area contributed by atoms with E-state index in [4.69, 9.17) is 0 Å². The second-order valence-corrected chi connectivity index (χ2v) is 6.49. The molecule has 0 saturated heterocycles. The van der Waals surface area contributed by atoms with Crippen molar-refractivity contribution in [2.75, 3.05) is 5.32 Å². The van der Waals surface area contributed by atoms with Crippen molar-refractivity contribution in [3.8, 4) is 0 Å². The van der Waals surface area contributed by atoms with Gasteiger partial charge in [-0.05, 0) is 37.7 Å². The van der Waals surface area contributed by atoms with Crippen LogP contribution >= 0.6 is 0 Å². The zero-order valence-electron chi connectivity index (χ0n) is 12.0. The van der Waals surface area contributed by atoms with Crippen LogP contribution in [0.4, 0.5) is 5.82 Å². The molecule has 0 aliphatic heterocycles. The number of aryl methyl sites for hydroxylation is 1. The summed E-state index contributed by atoms with van der Waals surface area (Å²) in [7, 11) is 0. The number of hydrogen-bond donors (Lipinski definition) is 1. The van der Waals surface area contributed by atoms with Gasteiger partial charge in [-0.3, -0.25) is 0 Å².